The number of amides is 1. The van der Waals surface area contributed by atoms with Crippen molar-refractivity contribution in [2.45, 2.75) is 26.0 Å². The van der Waals surface area contributed by atoms with Crippen LogP contribution in [0.2, 0.25) is 0 Å². The molecule has 1 atom stereocenters. The van der Waals surface area contributed by atoms with Gasteiger partial charge < -0.3 is 19.5 Å². The molecule has 11 heteroatoms. The molecule has 1 amide bonds. The van der Waals surface area contributed by atoms with Crippen molar-refractivity contribution in [1.82, 2.24) is 20.6 Å². The fourth-order valence-electron chi connectivity index (χ4n) is 3.34. The van der Waals surface area contributed by atoms with Gasteiger partial charge >= 0.3 is 5.97 Å². The third kappa shape index (κ3) is 6.45. The van der Waals surface area contributed by atoms with E-state index in [1.807, 2.05) is 30.3 Å². The third-order valence-electron chi connectivity index (χ3n) is 5.26. The SMILES string of the molecule is COC(=O)[C@@H](C)Oc1ccc(CNC(=O)c2cccnc2Oc2nonc2Cc2ccccc2)c(F)c1. The first kappa shape index (κ1) is 25.3. The zero-order chi connectivity index (χ0) is 26.2. The molecule has 0 unspecified atom stereocenters. The molecule has 0 spiro atoms. The Hall–Kier alpha value is -4.80. The maximum atomic E-state index is 14.6. The van der Waals surface area contributed by atoms with E-state index in [0.29, 0.717) is 12.1 Å². The first-order valence-corrected chi connectivity index (χ1v) is 11.2. The predicted octanol–water partition coefficient (Wildman–Crippen LogP) is 3.86. The van der Waals surface area contributed by atoms with Gasteiger partial charge in [-0.25, -0.2) is 18.8 Å². The summed E-state index contributed by atoms with van der Waals surface area (Å²) in [6.07, 6.45) is 0.974. The molecule has 2 heterocycles. The second kappa shape index (κ2) is 11.8. The molecule has 0 aliphatic rings. The number of ether oxygens (including phenoxy) is 3. The molecule has 0 radical (unpaired) electrons. The van der Waals surface area contributed by atoms with Gasteiger partial charge in [0.15, 0.2) is 11.8 Å². The Morgan fingerprint density at radius 2 is 1.86 bits per heavy atom. The van der Waals surface area contributed by atoms with Crippen LogP contribution >= 0.6 is 0 Å². The van der Waals surface area contributed by atoms with E-state index in [-0.39, 0.29) is 35.2 Å². The number of nitrogens with zero attached hydrogens (tertiary/aromatic N) is 3. The molecule has 4 aromatic rings. The zero-order valence-corrected chi connectivity index (χ0v) is 20.0. The van der Waals surface area contributed by atoms with Crippen LogP contribution in [0.1, 0.15) is 34.1 Å². The van der Waals surface area contributed by atoms with Crippen LogP contribution in [0.15, 0.2) is 71.5 Å². The van der Waals surface area contributed by atoms with Gasteiger partial charge in [-0.2, -0.15) is 0 Å². The van der Waals surface area contributed by atoms with Crippen molar-refractivity contribution in [3.8, 4) is 17.5 Å². The van der Waals surface area contributed by atoms with Gasteiger partial charge in [-0.05, 0) is 35.8 Å². The maximum absolute atomic E-state index is 14.6. The van der Waals surface area contributed by atoms with Crippen molar-refractivity contribution in [2.75, 3.05) is 7.11 Å². The number of nitrogens with one attached hydrogen (secondary N) is 1. The highest BCUT2D eigenvalue weighted by atomic mass is 19.1. The van der Waals surface area contributed by atoms with Gasteiger partial charge in [0.25, 0.3) is 11.8 Å². The molecule has 0 fully saturated rings. The van der Waals surface area contributed by atoms with E-state index < -0.39 is 23.8 Å². The lowest BCUT2D eigenvalue weighted by atomic mass is 10.1. The van der Waals surface area contributed by atoms with Gasteiger partial charge in [-0.3, -0.25) is 4.79 Å². The molecule has 1 N–H and O–H groups in total. The lowest BCUT2D eigenvalue weighted by molar-refractivity contribution is -0.147. The van der Waals surface area contributed by atoms with E-state index in [1.54, 1.807) is 6.07 Å². The topological polar surface area (TPSA) is 126 Å². The van der Waals surface area contributed by atoms with Gasteiger partial charge in [0, 0.05) is 30.8 Å². The summed E-state index contributed by atoms with van der Waals surface area (Å²) in [6, 6.07) is 16.7. The number of carbonyl (C=O) groups is 2. The Morgan fingerprint density at radius 1 is 1.05 bits per heavy atom. The van der Waals surface area contributed by atoms with E-state index in [2.05, 4.69) is 25.4 Å². The third-order valence-corrected chi connectivity index (χ3v) is 5.26. The second-order valence-electron chi connectivity index (χ2n) is 7.86. The molecule has 0 bridgehead atoms. The maximum Gasteiger partial charge on any atom is 0.346 e. The summed E-state index contributed by atoms with van der Waals surface area (Å²) < 4.78 is 35.1. The first-order chi connectivity index (χ1) is 17.9. The van der Waals surface area contributed by atoms with E-state index in [4.69, 9.17) is 14.1 Å². The Kier molecular flexibility index (Phi) is 8.04. The molecule has 10 nitrogen and oxygen atoms in total. The number of hydrogen-bond donors (Lipinski definition) is 1. The minimum atomic E-state index is -0.896. The summed E-state index contributed by atoms with van der Waals surface area (Å²) in [7, 11) is 1.24. The molecule has 2 aromatic heterocycles. The van der Waals surface area contributed by atoms with Crippen LogP contribution in [-0.2, 0) is 22.5 Å². The molecule has 4 rings (SSSR count). The average Bonchev–Trinajstić information content (AvgIpc) is 3.34. The molecule has 0 saturated carbocycles. The van der Waals surface area contributed by atoms with Crippen LogP contribution < -0.4 is 14.8 Å². The first-order valence-electron chi connectivity index (χ1n) is 11.2. The highest BCUT2D eigenvalue weighted by molar-refractivity contribution is 5.96. The van der Waals surface area contributed by atoms with Crippen LogP contribution in [0.5, 0.6) is 17.5 Å². The summed E-state index contributed by atoms with van der Waals surface area (Å²) >= 11 is 0. The predicted molar refractivity (Wildman–Crippen MR) is 128 cm³/mol. The monoisotopic (exact) mass is 506 g/mol. The standard InChI is InChI=1S/C26H23FN4O6/c1-16(26(33)34-2)35-19-11-10-18(21(27)14-19)15-29-23(32)20-9-6-12-28-24(20)36-25-22(30-37-31-25)13-17-7-4-3-5-8-17/h3-12,14,16H,13,15H2,1-2H3,(H,29,32)/t16-/m1/s1. The van der Waals surface area contributed by atoms with Gasteiger partial charge in [0.1, 0.15) is 17.1 Å². The van der Waals surface area contributed by atoms with Crippen molar-refractivity contribution in [3.63, 3.8) is 0 Å². The van der Waals surface area contributed by atoms with Crippen molar-refractivity contribution < 1.29 is 32.8 Å². The van der Waals surface area contributed by atoms with E-state index >= 15 is 0 Å². The number of hydrogen-bond acceptors (Lipinski definition) is 9. The van der Waals surface area contributed by atoms with Crippen LogP contribution in [-0.4, -0.2) is 40.4 Å². The van der Waals surface area contributed by atoms with E-state index in [1.165, 1.54) is 38.4 Å². The number of rotatable bonds is 10. The number of aromatic nitrogens is 3. The second-order valence-corrected chi connectivity index (χ2v) is 7.86. The Bertz CT molecular complexity index is 1380. The fourth-order valence-corrected chi connectivity index (χ4v) is 3.34. The van der Waals surface area contributed by atoms with Gasteiger partial charge in [0.05, 0.1) is 7.11 Å². The Labute approximate surface area is 211 Å². The fraction of sp³-hybridized carbons (Fsp3) is 0.192. The number of halogens is 1. The van der Waals surface area contributed by atoms with Gasteiger partial charge in [-0.1, -0.05) is 41.6 Å². The molecule has 0 aliphatic carbocycles. The minimum absolute atomic E-state index is 0.00831. The van der Waals surface area contributed by atoms with E-state index in [9.17, 15) is 14.0 Å². The Balaban J connectivity index is 1.42. The smallest absolute Gasteiger partial charge is 0.346 e. The normalized spacial score (nSPS) is 11.4. The lowest BCUT2D eigenvalue weighted by Gasteiger charge is -2.13. The quantitative estimate of drug-likeness (QED) is 0.319. The summed E-state index contributed by atoms with van der Waals surface area (Å²) in [4.78, 5) is 28.5. The van der Waals surface area contributed by atoms with E-state index in [0.717, 1.165) is 11.6 Å². The summed E-state index contributed by atoms with van der Waals surface area (Å²) in [6.45, 7) is 1.38. The van der Waals surface area contributed by atoms with Crippen molar-refractivity contribution >= 4 is 11.9 Å². The molecular formula is C26H23FN4O6. The number of pyridine rings is 1. The van der Waals surface area contributed by atoms with Crippen molar-refractivity contribution in [1.29, 1.82) is 0 Å². The van der Waals surface area contributed by atoms with Crippen LogP contribution in [0.25, 0.3) is 0 Å². The molecule has 2 aromatic carbocycles. The summed E-state index contributed by atoms with van der Waals surface area (Å²) in [5, 5.41) is 10.3. The van der Waals surface area contributed by atoms with Gasteiger partial charge in [0.2, 0.25) is 5.88 Å². The van der Waals surface area contributed by atoms with Crippen LogP contribution in [0, 0.1) is 5.82 Å². The molecule has 37 heavy (non-hydrogen) atoms. The number of carbonyl (C=O) groups excluding carboxylic acids is 2. The molecule has 0 aliphatic heterocycles. The highest BCUT2D eigenvalue weighted by Gasteiger charge is 2.20. The number of esters is 1. The number of methoxy groups -OCH3 is 1. The summed E-state index contributed by atoms with van der Waals surface area (Å²) in [5.74, 6) is -1.51. The van der Waals surface area contributed by atoms with Gasteiger partial charge in [-0.15, -0.1) is 0 Å². The average molecular weight is 506 g/mol. The zero-order valence-electron chi connectivity index (χ0n) is 20.0. The molecule has 190 valence electrons. The van der Waals surface area contributed by atoms with Crippen LogP contribution in [0.3, 0.4) is 0 Å². The molecule has 0 saturated heterocycles. The minimum Gasteiger partial charge on any atom is -0.479 e. The lowest BCUT2D eigenvalue weighted by Crippen LogP contribution is -2.25. The molecular weight excluding hydrogens is 483 g/mol. The Morgan fingerprint density at radius 3 is 2.62 bits per heavy atom. The van der Waals surface area contributed by atoms with Crippen LogP contribution in [0.4, 0.5) is 4.39 Å². The highest BCUT2D eigenvalue weighted by Crippen LogP contribution is 2.25. The van der Waals surface area contributed by atoms with Crippen molar-refractivity contribution in [2.24, 2.45) is 0 Å². The number of benzene rings is 2. The largest absolute Gasteiger partial charge is 0.479 e. The summed E-state index contributed by atoms with van der Waals surface area (Å²) in [5.41, 5.74) is 1.74. The van der Waals surface area contributed by atoms with Crippen molar-refractivity contribution in [3.05, 3.63) is 95.1 Å².